The lowest BCUT2D eigenvalue weighted by Crippen LogP contribution is -2.39. The Morgan fingerprint density at radius 3 is 3.07 bits per heavy atom. The van der Waals surface area contributed by atoms with Crippen LogP contribution in [0.1, 0.15) is 19.3 Å². The monoisotopic (exact) mass is 198 g/mol. The van der Waals surface area contributed by atoms with E-state index in [-0.39, 0.29) is 0 Å². The molecule has 82 valence electrons. The molecular formula is C11H22N2O. The van der Waals surface area contributed by atoms with E-state index in [9.17, 15) is 0 Å². The predicted octanol–water partition coefficient (Wildman–Crippen LogP) is 0.708. The van der Waals surface area contributed by atoms with Crippen molar-refractivity contribution in [3.8, 4) is 0 Å². The van der Waals surface area contributed by atoms with E-state index in [0.717, 1.165) is 25.7 Å². The Kier molecular flexibility index (Phi) is 4.22. The Bertz CT molecular complexity index is 149. The molecule has 2 aliphatic heterocycles. The van der Waals surface area contributed by atoms with Crippen molar-refractivity contribution in [1.82, 2.24) is 10.2 Å². The van der Waals surface area contributed by atoms with Crippen LogP contribution in [0.4, 0.5) is 0 Å². The smallest absolute Gasteiger partial charge is 0.0593 e. The maximum absolute atomic E-state index is 5.46. The Morgan fingerprint density at radius 1 is 1.21 bits per heavy atom. The van der Waals surface area contributed by atoms with Gasteiger partial charge in [-0.1, -0.05) is 0 Å². The van der Waals surface area contributed by atoms with Gasteiger partial charge in [0.1, 0.15) is 0 Å². The summed E-state index contributed by atoms with van der Waals surface area (Å²) in [5.41, 5.74) is 0. The molecule has 0 bridgehead atoms. The summed E-state index contributed by atoms with van der Waals surface area (Å²) in [6, 6.07) is 0. The number of nitrogens with zero attached hydrogens (tertiary/aromatic N) is 1. The minimum absolute atomic E-state index is 0.877. The molecule has 0 spiro atoms. The van der Waals surface area contributed by atoms with Gasteiger partial charge in [-0.25, -0.2) is 0 Å². The second-order valence-electron chi connectivity index (χ2n) is 4.48. The lowest BCUT2D eigenvalue weighted by molar-refractivity contribution is 0.136. The number of piperidine rings is 1. The van der Waals surface area contributed by atoms with Gasteiger partial charge in [-0.3, -0.25) is 0 Å². The molecule has 2 fully saturated rings. The van der Waals surface area contributed by atoms with E-state index in [1.165, 1.54) is 45.4 Å². The van der Waals surface area contributed by atoms with E-state index in [1.54, 1.807) is 0 Å². The average Bonchev–Trinajstić information content (AvgIpc) is 2.48. The molecule has 0 aromatic heterocycles. The van der Waals surface area contributed by atoms with Crippen LogP contribution in [-0.4, -0.2) is 50.8 Å². The second kappa shape index (κ2) is 5.69. The highest BCUT2D eigenvalue weighted by Crippen LogP contribution is 2.12. The Balaban J connectivity index is 1.71. The lowest BCUT2D eigenvalue weighted by Gasteiger charge is -2.28. The van der Waals surface area contributed by atoms with Crippen molar-refractivity contribution >= 4 is 0 Å². The fraction of sp³-hybridized carbons (Fsp3) is 1.00. The van der Waals surface area contributed by atoms with E-state index < -0.39 is 0 Å². The molecule has 0 amide bonds. The highest BCUT2D eigenvalue weighted by molar-refractivity contribution is 4.73. The quantitative estimate of drug-likeness (QED) is 0.707. The third-order valence-electron chi connectivity index (χ3n) is 3.23. The third-order valence-corrected chi connectivity index (χ3v) is 3.23. The number of rotatable bonds is 2. The van der Waals surface area contributed by atoms with Gasteiger partial charge in [-0.05, 0) is 38.3 Å². The summed E-state index contributed by atoms with van der Waals surface area (Å²) in [7, 11) is 0. The molecule has 0 unspecified atom stereocenters. The Labute approximate surface area is 86.8 Å². The van der Waals surface area contributed by atoms with Crippen LogP contribution >= 0.6 is 0 Å². The van der Waals surface area contributed by atoms with Crippen LogP contribution in [-0.2, 0) is 4.74 Å². The van der Waals surface area contributed by atoms with Crippen LogP contribution < -0.4 is 5.32 Å². The average molecular weight is 198 g/mol. The maximum atomic E-state index is 5.46. The summed E-state index contributed by atoms with van der Waals surface area (Å²) in [5.74, 6) is 0.877. The zero-order valence-electron chi connectivity index (χ0n) is 9.00. The third kappa shape index (κ3) is 3.23. The van der Waals surface area contributed by atoms with Crippen molar-refractivity contribution in [2.45, 2.75) is 19.3 Å². The fourth-order valence-corrected chi connectivity index (χ4v) is 2.43. The van der Waals surface area contributed by atoms with Gasteiger partial charge >= 0.3 is 0 Å². The Morgan fingerprint density at radius 2 is 2.21 bits per heavy atom. The molecule has 0 saturated carbocycles. The highest BCUT2D eigenvalue weighted by atomic mass is 16.5. The van der Waals surface area contributed by atoms with Crippen LogP contribution in [0.3, 0.4) is 0 Å². The first-order valence-electron chi connectivity index (χ1n) is 5.96. The maximum Gasteiger partial charge on any atom is 0.0593 e. The minimum Gasteiger partial charge on any atom is -0.380 e. The zero-order chi connectivity index (χ0) is 9.64. The van der Waals surface area contributed by atoms with E-state index >= 15 is 0 Å². The molecule has 0 aromatic carbocycles. The van der Waals surface area contributed by atoms with Crippen LogP contribution in [0.15, 0.2) is 0 Å². The van der Waals surface area contributed by atoms with Gasteiger partial charge in [0, 0.05) is 26.2 Å². The highest BCUT2D eigenvalue weighted by Gasteiger charge is 2.17. The van der Waals surface area contributed by atoms with E-state index in [0.29, 0.717) is 0 Å². The molecule has 14 heavy (non-hydrogen) atoms. The normalized spacial score (nSPS) is 31.3. The van der Waals surface area contributed by atoms with Gasteiger partial charge in [-0.15, -0.1) is 0 Å². The molecule has 1 atom stereocenters. The molecule has 1 N–H and O–H groups in total. The fourth-order valence-electron chi connectivity index (χ4n) is 2.43. The van der Waals surface area contributed by atoms with Gasteiger partial charge < -0.3 is 15.0 Å². The molecule has 0 aliphatic carbocycles. The van der Waals surface area contributed by atoms with E-state index in [4.69, 9.17) is 4.74 Å². The topological polar surface area (TPSA) is 24.5 Å². The van der Waals surface area contributed by atoms with E-state index in [1.807, 2.05) is 0 Å². The zero-order valence-corrected chi connectivity index (χ0v) is 9.00. The molecule has 2 aliphatic rings. The predicted molar refractivity (Wildman–Crippen MR) is 57.5 cm³/mol. The van der Waals surface area contributed by atoms with Crippen molar-refractivity contribution in [2.75, 3.05) is 45.9 Å². The largest absolute Gasteiger partial charge is 0.380 e. The van der Waals surface area contributed by atoms with Crippen LogP contribution in [0.25, 0.3) is 0 Å². The lowest BCUT2D eigenvalue weighted by atomic mass is 9.99. The van der Waals surface area contributed by atoms with Crippen molar-refractivity contribution in [3.63, 3.8) is 0 Å². The summed E-state index contributed by atoms with van der Waals surface area (Å²) in [6.45, 7) is 7.97. The van der Waals surface area contributed by atoms with Crippen molar-refractivity contribution in [2.24, 2.45) is 5.92 Å². The van der Waals surface area contributed by atoms with Crippen molar-refractivity contribution in [3.05, 3.63) is 0 Å². The van der Waals surface area contributed by atoms with Gasteiger partial charge in [0.25, 0.3) is 0 Å². The second-order valence-corrected chi connectivity index (χ2v) is 4.48. The molecule has 2 rings (SSSR count). The molecule has 3 heteroatoms. The molecular weight excluding hydrogens is 176 g/mol. The SMILES string of the molecule is C1CNC[C@H](CN2CCCOCC2)C1. The summed E-state index contributed by atoms with van der Waals surface area (Å²) < 4.78 is 5.46. The summed E-state index contributed by atoms with van der Waals surface area (Å²) in [4.78, 5) is 2.57. The Hall–Kier alpha value is -0.120. The van der Waals surface area contributed by atoms with Crippen molar-refractivity contribution < 1.29 is 4.74 Å². The minimum atomic E-state index is 0.877. The van der Waals surface area contributed by atoms with Gasteiger partial charge in [0.05, 0.1) is 6.61 Å². The summed E-state index contributed by atoms with van der Waals surface area (Å²) in [5, 5.41) is 3.48. The molecule has 3 nitrogen and oxygen atoms in total. The molecule has 2 heterocycles. The first kappa shape index (κ1) is 10.4. The van der Waals surface area contributed by atoms with Crippen LogP contribution in [0.2, 0.25) is 0 Å². The summed E-state index contributed by atoms with van der Waals surface area (Å²) in [6.07, 6.45) is 3.97. The number of ether oxygens (including phenoxy) is 1. The molecule has 0 aromatic rings. The van der Waals surface area contributed by atoms with Gasteiger partial charge in [-0.2, -0.15) is 0 Å². The molecule has 2 saturated heterocycles. The first-order chi connectivity index (χ1) is 6.95. The number of hydrogen-bond acceptors (Lipinski definition) is 3. The van der Waals surface area contributed by atoms with Crippen LogP contribution in [0, 0.1) is 5.92 Å². The number of nitrogens with one attached hydrogen (secondary N) is 1. The van der Waals surface area contributed by atoms with E-state index in [2.05, 4.69) is 10.2 Å². The molecule has 0 radical (unpaired) electrons. The van der Waals surface area contributed by atoms with Crippen molar-refractivity contribution in [1.29, 1.82) is 0 Å². The summed E-state index contributed by atoms with van der Waals surface area (Å²) >= 11 is 0. The van der Waals surface area contributed by atoms with Crippen LogP contribution in [0.5, 0.6) is 0 Å². The van der Waals surface area contributed by atoms with Gasteiger partial charge in [0.15, 0.2) is 0 Å². The van der Waals surface area contributed by atoms with Gasteiger partial charge in [0.2, 0.25) is 0 Å². The standard InChI is InChI=1S/C11H22N2O/c1-3-11(9-12-4-1)10-13-5-2-7-14-8-6-13/h11-12H,1-10H2/t11-/m1/s1. The first-order valence-corrected chi connectivity index (χ1v) is 5.96. The number of hydrogen-bond donors (Lipinski definition) is 1.